The van der Waals surface area contributed by atoms with Crippen LogP contribution < -0.4 is 14.8 Å². The fraction of sp³-hybridized carbons (Fsp3) is 0.353. The van der Waals surface area contributed by atoms with Crippen LogP contribution in [-0.2, 0) is 0 Å². The second-order valence-corrected chi connectivity index (χ2v) is 5.56. The summed E-state index contributed by atoms with van der Waals surface area (Å²) in [4.78, 5) is 22.3. The van der Waals surface area contributed by atoms with Crippen molar-refractivity contribution in [3.05, 3.63) is 36.3 Å². The molecule has 126 valence electrons. The molecule has 1 aliphatic heterocycles. The van der Waals surface area contributed by atoms with Gasteiger partial charge in [-0.3, -0.25) is 4.79 Å². The van der Waals surface area contributed by atoms with Crippen LogP contribution in [0.4, 0.5) is 11.5 Å². The molecule has 0 radical (unpaired) electrons. The first-order valence-corrected chi connectivity index (χ1v) is 7.91. The van der Waals surface area contributed by atoms with Gasteiger partial charge < -0.3 is 19.7 Å². The topological polar surface area (TPSA) is 76.6 Å². The molecule has 2 heterocycles. The van der Waals surface area contributed by atoms with Crippen LogP contribution in [0, 0.1) is 0 Å². The molecule has 2 aromatic rings. The molecule has 0 unspecified atom stereocenters. The average molecular weight is 328 g/mol. The van der Waals surface area contributed by atoms with Gasteiger partial charge in [0.2, 0.25) is 6.79 Å². The number of unbranched alkanes of at least 4 members (excludes halogenated alkanes) is 1. The summed E-state index contributed by atoms with van der Waals surface area (Å²) >= 11 is 0. The zero-order valence-electron chi connectivity index (χ0n) is 13.8. The highest BCUT2D eigenvalue weighted by Crippen LogP contribution is 2.34. The Morgan fingerprint density at radius 3 is 2.92 bits per heavy atom. The Morgan fingerprint density at radius 1 is 1.25 bits per heavy atom. The molecule has 1 aromatic heterocycles. The number of amides is 1. The maximum absolute atomic E-state index is 12.4. The minimum absolute atomic E-state index is 0.111. The Kier molecular flexibility index (Phi) is 4.79. The molecule has 0 saturated heterocycles. The molecule has 0 bridgehead atoms. The first-order valence-electron chi connectivity index (χ1n) is 7.91. The van der Waals surface area contributed by atoms with Gasteiger partial charge in [0.05, 0.1) is 0 Å². The molecule has 0 saturated carbocycles. The summed E-state index contributed by atoms with van der Waals surface area (Å²) in [6.45, 7) is 3.04. The van der Waals surface area contributed by atoms with Crippen molar-refractivity contribution in [3.63, 3.8) is 0 Å². The van der Waals surface area contributed by atoms with Crippen LogP contribution in [0.15, 0.2) is 30.6 Å². The van der Waals surface area contributed by atoms with Crippen LogP contribution >= 0.6 is 0 Å². The maximum Gasteiger partial charge on any atom is 0.272 e. The van der Waals surface area contributed by atoms with Gasteiger partial charge in [0.15, 0.2) is 11.5 Å². The van der Waals surface area contributed by atoms with Crippen LogP contribution in [-0.4, -0.2) is 41.2 Å². The quantitative estimate of drug-likeness (QED) is 0.879. The summed E-state index contributed by atoms with van der Waals surface area (Å²) in [5.41, 5.74) is 1.17. The van der Waals surface area contributed by atoms with Crippen molar-refractivity contribution in [2.24, 2.45) is 0 Å². The number of carbonyl (C=O) groups is 1. The maximum atomic E-state index is 12.4. The van der Waals surface area contributed by atoms with Crippen LogP contribution in [0.5, 0.6) is 11.5 Å². The Labute approximate surface area is 140 Å². The van der Waals surface area contributed by atoms with E-state index in [0.29, 0.717) is 23.8 Å². The summed E-state index contributed by atoms with van der Waals surface area (Å²) in [6, 6.07) is 7.18. The lowest BCUT2D eigenvalue weighted by Gasteiger charge is -2.16. The van der Waals surface area contributed by atoms with E-state index >= 15 is 0 Å². The Morgan fingerprint density at radius 2 is 2.08 bits per heavy atom. The minimum Gasteiger partial charge on any atom is -0.454 e. The van der Waals surface area contributed by atoms with Crippen molar-refractivity contribution in [2.45, 2.75) is 19.8 Å². The molecule has 7 nitrogen and oxygen atoms in total. The number of nitrogens with zero attached hydrogens (tertiary/aromatic N) is 3. The number of hydrogen-bond acceptors (Lipinski definition) is 6. The second-order valence-electron chi connectivity index (χ2n) is 5.56. The third-order valence-corrected chi connectivity index (χ3v) is 3.72. The fourth-order valence-electron chi connectivity index (χ4n) is 2.36. The molecule has 0 atom stereocenters. The normalized spacial score (nSPS) is 12.1. The summed E-state index contributed by atoms with van der Waals surface area (Å²) < 4.78 is 10.6. The third-order valence-electron chi connectivity index (χ3n) is 3.72. The number of fused-ring (bicyclic) bond motifs is 1. The summed E-state index contributed by atoms with van der Waals surface area (Å²) in [5.74, 6) is 1.84. The number of hydrogen-bond donors (Lipinski definition) is 1. The van der Waals surface area contributed by atoms with E-state index < -0.39 is 0 Å². The molecule has 3 rings (SSSR count). The van der Waals surface area contributed by atoms with Crippen LogP contribution in [0.1, 0.15) is 30.3 Å². The Balaban J connectivity index is 1.72. The Bertz CT molecular complexity index is 736. The van der Waals surface area contributed by atoms with Gasteiger partial charge >= 0.3 is 0 Å². The van der Waals surface area contributed by atoms with Crippen molar-refractivity contribution in [1.29, 1.82) is 0 Å². The average Bonchev–Trinajstić information content (AvgIpc) is 3.07. The molecule has 24 heavy (non-hydrogen) atoms. The number of rotatable bonds is 6. The van der Waals surface area contributed by atoms with Crippen molar-refractivity contribution in [2.75, 3.05) is 25.7 Å². The lowest BCUT2D eigenvalue weighted by Crippen LogP contribution is -2.28. The van der Waals surface area contributed by atoms with Crippen LogP contribution in [0.25, 0.3) is 0 Å². The largest absolute Gasteiger partial charge is 0.454 e. The standard InChI is InChI=1S/C17H20N4O3/c1-3-4-7-21(2)17(22)13-9-16(19-10-18-13)20-12-5-6-14-15(8-12)24-11-23-14/h5-6,8-10H,3-4,7,11H2,1-2H3,(H,18,19,20). The molecular formula is C17H20N4O3. The lowest BCUT2D eigenvalue weighted by molar-refractivity contribution is 0.0787. The molecule has 1 N–H and O–H groups in total. The molecule has 7 heteroatoms. The second kappa shape index (κ2) is 7.16. The number of nitrogens with one attached hydrogen (secondary N) is 1. The monoisotopic (exact) mass is 328 g/mol. The van der Waals surface area contributed by atoms with Crippen molar-refractivity contribution < 1.29 is 14.3 Å². The summed E-state index contributed by atoms with van der Waals surface area (Å²) in [6.07, 6.45) is 3.39. The van der Waals surface area contributed by atoms with Gasteiger partial charge in [-0.2, -0.15) is 0 Å². The molecule has 1 aromatic carbocycles. The number of ether oxygens (including phenoxy) is 2. The lowest BCUT2D eigenvalue weighted by atomic mass is 10.2. The number of carbonyl (C=O) groups excluding carboxylic acids is 1. The van der Waals surface area contributed by atoms with E-state index in [4.69, 9.17) is 9.47 Å². The van der Waals surface area contributed by atoms with Gasteiger partial charge in [-0.1, -0.05) is 13.3 Å². The molecular weight excluding hydrogens is 308 g/mol. The van der Waals surface area contributed by atoms with Gasteiger partial charge in [0, 0.05) is 31.4 Å². The molecule has 0 aliphatic carbocycles. The fourth-order valence-corrected chi connectivity index (χ4v) is 2.36. The van der Waals surface area contributed by atoms with E-state index in [2.05, 4.69) is 22.2 Å². The molecule has 1 amide bonds. The van der Waals surface area contributed by atoms with Gasteiger partial charge in [-0.25, -0.2) is 9.97 Å². The Hall–Kier alpha value is -2.83. The first-order chi connectivity index (χ1) is 11.7. The molecule has 0 fully saturated rings. The van der Waals surface area contributed by atoms with E-state index in [1.165, 1.54) is 6.33 Å². The highest BCUT2D eigenvalue weighted by atomic mass is 16.7. The van der Waals surface area contributed by atoms with Crippen LogP contribution in [0.2, 0.25) is 0 Å². The molecule has 0 spiro atoms. The van der Waals surface area contributed by atoms with E-state index in [0.717, 1.165) is 24.3 Å². The minimum atomic E-state index is -0.111. The van der Waals surface area contributed by atoms with Crippen LogP contribution in [0.3, 0.4) is 0 Å². The first kappa shape index (κ1) is 16.0. The van der Waals surface area contributed by atoms with E-state index in [1.807, 2.05) is 18.2 Å². The zero-order chi connectivity index (χ0) is 16.9. The number of anilines is 2. The van der Waals surface area contributed by atoms with Gasteiger partial charge in [-0.05, 0) is 18.6 Å². The van der Waals surface area contributed by atoms with Gasteiger partial charge in [-0.15, -0.1) is 0 Å². The van der Waals surface area contributed by atoms with Gasteiger partial charge in [0.25, 0.3) is 5.91 Å². The van der Waals surface area contributed by atoms with Crippen molar-refractivity contribution in [1.82, 2.24) is 14.9 Å². The smallest absolute Gasteiger partial charge is 0.272 e. The highest BCUT2D eigenvalue weighted by Gasteiger charge is 2.15. The van der Waals surface area contributed by atoms with E-state index in [9.17, 15) is 4.79 Å². The predicted molar refractivity (Wildman–Crippen MR) is 89.7 cm³/mol. The van der Waals surface area contributed by atoms with Gasteiger partial charge in [0.1, 0.15) is 17.8 Å². The number of aromatic nitrogens is 2. The van der Waals surface area contributed by atoms with E-state index in [1.54, 1.807) is 18.0 Å². The van der Waals surface area contributed by atoms with E-state index in [-0.39, 0.29) is 12.7 Å². The zero-order valence-corrected chi connectivity index (χ0v) is 13.8. The highest BCUT2D eigenvalue weighted by molar-refractivity contribution is 5.92. The number of benzene rings is 1. The van der Waals surface area contributed by atoms with Crippen molar-refractivity contribution in [3.8, 4) is 11.5 Å². The summed E-state index contributed by atoms with van der Waals surface area (Å²) in [5, 5.41) is 3.15. The van der Waals surface area contributed by atoms with Crippen molar-refractivity contribution >= 4 is 17.4 Å². The SMILES string of the molecule is CCCCN(C)C(=O)c1cc(Nc2ccc3c(c2)OCO3)ncn1. The predicted octanol–water partition coefficient (Wildman–Crippen LogP) is 2.82. The summed E-state index contributed by atoms with van der Waals surface area (Å²) in [7, 11) is 1.78. The molecule has 1 aliphatic rings. The third kappa shape index (κ3) is 3.56.